The molecule has 2 aromatic rings. The monoisotopic (exact) mass is 326 g/mol. The Hall–Kier alpha value is -2.82. The highest BCUT2D eigenvalue weighted by molar-refractivity contribution is 6.08. The number of benzene rings is 2. The van der Waals surface area contributed by atoms with Crippen LogP contribution >= 0.6 is 0 Å². The van der Waals surface area contributed by atoms with Crippen LogP contribution in [0.4, 0.5) is 11.4 Å². The van der Waals surface area contributed by atoms with Crippen LogP contribution in [-0.4, -0.2) is 18.9 Å². The van der Waals surface area contributed by atoms with Crippen molar-refractivity contribution in [3.05, 3.63) is 54.1 Å². The highest BCUT2D eigenvalue weighted by Crippen LogP contribution is 2.18. The number of carbonyl (C=O) groups excluding carboxylic acids is 2. The fourth-order valence-corrected chi connectivity index (χ4v) is 2.18. The average molecular weight is 326 g/mol. The Kier molecular flexibility index (Phi) is 5.95. The van der Waals surface area contributed by atoms with Crippen LogP contribution in [0, 0.1) is 0 Å². The molecule has 0 bridgehead atoms. The lowest BCUT2D eigenvalue weighted by Gasteiger charge is -2.09. The van der Waals surface area contributed by atoms with E-state index in [0.29, 0.717) is 23.0 Å². The van der Waals surface area contributed by atoms with Crippen LogP contribution in [0.1, 0.15) is 31.7 Å². The largest absolute Gasteiger partial charge is 0.497 e. The predicted octanol–water partition coefficient (Wildman–Crippen LogP) is 3.79. The summed E-state index contributed by atoms with van der Waals surface area (Å²) in [5, 5.41) is 5.40. The molecule has 0 spiro atoms. The predicted molar refractivity (Wildman–Crippen MR) is 95.4 cm³/mol. The number of hydrogen-bond acceptors (Lipinski definition) is 3. The van der Waals surface area contributed by atoms with Crippen LogP contribution in [0.3, 0.4) is 0 Å². The van der Waals surface area contributed by atoms with Gasteiger partial charge in [-0.3, -0.25) is 9.59 Å². The number of methoxy groups -OCH3 is 1. The first-order valence-electron chi connectivity index (χ1n) is 7.81. The lowest BCUT2D eigenvalue weighted by Crippen LogP contribution is -2.21. The molecule has 0 unspecified atom stereocenters. The minimum absolute atomic E-state index is 0.238. The van der Waals surface area contributed by atoms with E-state index in [2.05, 4.69) is 24.5 Å². The third-order valence-electron chi connectivity index (χ3n) is 3.56. The number of amides is 2. The molecule has 0 aliphatic heterocycles. The van der Waals surface area contributed by atoms with Crippen molar-refractivity contribution < 1.29 is 14.3 Å². The summed E-state index contributed by atoms with van der Waals surface area (Å²) in [5.41, 5.74) is 2.50. The van der Waals surface area contributed by atoms with E-state index in [1.165, 1.54) is 5.56 Å². The van der Waals surface area contributed by atoms with Gasteiger partial charge in [0.25, 0.3) is 0 Å². The third-order valence-corrected chi connectivity index (χ3v) is 3.56. The molecule has 0 radical (unpaired) electrons. The molecule has 0 saturated carbocycles. The maximum atomic E-state index is 11.9. The summed E-state index contributed by atoms with van der Waals surface area (Å²) in [6.45, 7) is 4.22. The lowest BCUT2D eigenvalue weighted by atomic mass is 10.0. The number of nitrogens with one attached hydrogen (secondary N) is 2. The minimum Gasteiger partial charge on any atom is -0.497 e. The molecule has 2 rings (SSSR count). The maximum absolute atomic E-state index is 11.9. The first kappa shape index (κ1) is 17.5. The molecule has 5 heteroatoms. The van der Waals surface area contributed by atoms with Crippen molar-refractivity contribution in [1.29, 1.82) is 0 Å². The van der Waals surface area contributed by atoms with E-state index in [1.807, 2.05) is 24.3 Å². The van der Waals surface area contributed by atoms with Gasteiger partial charge >= 0.3 is 0 Å². The fraction of sp³-hybridized carbons (Fsp3) is 0.263. The minimum atomic E-state index is -0.364. The first-order valence-corrected chi connectivity index (χ1v) is 7.81. The summed E-state index contributed by atoms with van der Waals surface area (Å²) < 4.78 is 5.05. The standard InChI is InChI=1S/C19H22N2O3/c1-13(2)14-4-6-15(7-5-14)20-18(22)12-19(23)21-16-8-10-17(24-3)11-9-16/h4-11,13H,12H2,1-3H3,(H,20,22)(H,21,23). The van der Waals surface area contributed by atoms with E-state index in [0.717, 1.165) is 0 Å². The number of ether oxygens (including phenoxy) is 1. The van der Waals surface area contributed by atoms with Crippen LogP contribution in [0.2, 0.25) is 0 Å². The van der Waals surface area contributed by atoms with E-state index in [1.54, 1.807) is 31.4 Å². The van der Waals surface area contributed by atoms with E-state index in [9.17, 15) is 9.59 Å². The molecule has 2 aromatic carbocycles. The average Bonchev–Trinajstić information content (AvgIpc) is 2.55. The normalized spacial score (nSPS) is 10.3. The van der Waals surface area contributed by atoms with Crippen LogP contribution in [0.25, 0.3) is 0 Å². The second kappa shape index (κ2) is 8.15. The molecule has 126 valence electrons. The van der Waals surface area contributed by atoms with Gasteiger partial charge in [0.1, 0.15) is 12.2 Å². The van der Waals surface area contributed by atoms with Gasteiger partial charge in [-0.25, -0.2) is 0 Å². The van der Waals surface area contributed by atoms with Crippen molar-refractivity contribution in [3.63, 3.8) is 0 Å². The summed E-state index contributed by atoms with van der Waals surface area (Å²) in [7, 11) is 1.58. The molecular formula is C19H22N2O3. The summed E-state index contributed by atoms with van der Waals surface area (Å²) in [6.07, 6.45) is -0.238. The van der Waals surface area contributed by atoms with Crippen LogP contribution in [-0.2, 0) is 9.59 Å². The molecule has 2 amide bonds. The zero-order chi connectivity index (χ0) is 17.5. The van der Waals surface area contributed by atoms with Gasteiger partial charge < -0.3 is 15.4 Å². The van der Waals surface area contributed by atoms with Gasteiger partial charge in [0.05, 0.1) is 7.11 Å². The molecule has 0 heterocycles. The Labute approximate surface area is 142 Å². The van der Waals surface area contributed by atoms with Crippen molar-refractivity contribution in [1.82, 2.24) is 0 Å². The van der Waals surface area contributed by atoms with E-state index in [4.69, 9.17) is 4.74 Å². The molecule has 0 aliphatic rings. The maximum Gasteiger partial charge on any atom is 0.233 e. The van der Waals surface area contributed by atoms with Crippen LogP contribution < -0.4 is 15.4 Å². The Bertz CT molecular complexity index is 692. The number of hydrogen-bond donors (Lipinski definition) is 2. The third kappa shape index (κ3) is 5.12. The molecule has 0 fully saturated rings. The SMILES string of the molecule is COc1ccc(NC(=O)CC(=O)Nc2ccc(C(C)C)cc2)cc1. The van der Waals surface area contributed by atoms with Gasteiger partial charge in [0.2, 0.25) is 11.8 Å². The highest BCUT2D eigenvalue weighted by Gasteiger charge is 2.10. The van der Waals surface area contributed by atoms with Crippen LogP contribution in [0.15, 0.2) is 48.5 Å². The molecule has 24 heavy (non-hydrogen) atoms. The fourth-order valence-electron chi connectivity index (χ4n) is 2.18. The van der Waals surface area contributed by atoms with Crippen molar-refractivity contribution in [3.8, 4) is 5.75 Å². The quantitative estimate of drug-likeness (QED) is 0.794. The summed E-state index contributed by atoms with van der Waals surface area (Å²) >= 11 is 0. The molecule has 0 aromatic heterocycles. The van der Waals surface area contributed by atoms with Crippen LogP contribution in [0.5, 0.6) is 5.75 Å². The van der Waals surface area contributed by atoms with Crippen molar-refractivity contribution >= 4 is 23.2 Å². The van der Waals surface area contributed by atoms with Gasteiger partial charge in [-0.05, 0) is 47.9 Å². The Morgan fingerprint density at radius 2 is 1.33 bits per heavy atom. The first-order chi connectivity index (χ1) is 11.5. The summed E-state index contributed by atoms with van der Waals surface area (Å²) in [4.78, 5) is 23.8. The van der Waals surface area contributed by atoms with Crippen molar-refractivity contribution in [2.75, 3.05) is 17.7 Å². The second-order valence-corrected chi connectivity index (χ2v) is 5.78. The molecule has 2 N–H and O–H groups in total. The number of anilines is 2. The van der Waals surface area contributed by atoms with Crippen molar-refractivity contribution in [2.45, 2.75) is 26.2 Å². The summed E-state index contributed by atoms with van der Waals surface area (Å²) in [5.74, 6) is 0.426. The Morgan fingerprint density at radius 1 is 0.875 bits per heavy atom. The van der Waals surface area contributed by atoms with E-state index >= 15 is 0 Å². The zero-order valence-electron chi connectivity index (χ0n) is 14.1. The zero-order valence-corrected chi connectivity index (χ0v) is 14.1. The van der Waals surface area contributed by atoms with Gasteiger partial charge in [0, 0.05) is 11.4 Å². The molecule has 0 aliphatic carbocycles. The number of rotatable bonds is 6. The topological polar surface area (TPSA) is 67.4 Å². The van der Waals surface area contributed by atoms with E-state index in [-0.39, 0.29) is 18.2 Å². The molecule has 5 nitrogen and oxygen atoms in total. The van der Waals surface area contributed by atoms with Gasteiger partial charge in [-0.1, -0.05) is 26.0 Å². The van der Waals surface area contributed by atoms with Gasteiger partial charge in [-0.15, -0.1) is 0 Å². The van der Waals surface area contributed by atoms with Gasteiger partial charge in [-0.2, -0.15) is 0 Å². The molecule has 0 saturated heterocycles. The second-order valence-electron chi connectivity index (χ2n) is 5.78. The van der Waals surface area contributed by atoms with E-state index < -0.39 is 0 Å². The molecule has 0 atom stereocenters. The van der Waals surface area contributed by atoms with Gasteiger partial charge in [0.15, 0.2) is 0 Å². The van der Waals surface area contributed by atoms with Crippen molar-refractivity contribution in [2.24, 2.45) is 0 Å². The lowest BCUT2D eigenvalue weighted by molar-refractivity contribution is -0.123. The highest BCUT2D eigenvalue weighted by atomic mass is 16.5. The Balaban J connectivity index is 1.85. The number of carbonyl (C=O) groups is 2. The molecular weight excluding hydrogens is 304 g/mol. The summed E-state index contributed by atoms with van der Waals surface area (Å²) in [6, 6.07) is 14.6. The Morgan fingerprint density at radius 3 is 1.75 bits per heavy atom. The smallest absolute Gasteiger partial charge is 0.233 e.